The summed E-state index contributed by atoms with van der Waals surface area (Å²) in [6.45, 7) is 6.31. The quantitative estimate of drug-likeness (QED) is 0.833. The standard InChI is InChI=1S/C22H26FN3O/c1-17(22(27)26-14-11-18-5-2-3-6-21(18)26)24-12-4-13-25(16-15-24)20-9-7-19(23)8-10-20/h2-3,5-10,17H,4,11-16H2,1H3. The van der Waals surface area contributed by atoms with E-state index < -0.39 is 0 Å². The van der Waals surface area contributed by atoms with Gasteiger partial charge in [-0.2, -0.15) is 0 Å². The lowest BCUT2D eigenvalue weighted by Crippen LogP contribution is -2.48. The molecular formula is C22H26FN3O. The van der Waals surface area contributed by atoms with Crippen molar-refractivity contribution in [3.8, 4) is 0 Å². The Morgan fingerprint density at radius 2 is 1.74 bits per heavy atom. The van der Waals surface area contributed by atoms with Crippen molar-refractivity contribution in [2.24, 2.45) is 0 Å². The van der Waals surface area contributed by atoms with Gasteiger partial charge in [0.15, 0.2) is 0 Å². The molecule has 1 saturated heterocycles. The van der Waals surface area contributed by atoms with Crippen molar-refractivity contribution in [3.05, 3.63) is 59.9 Å². The predicted molar refractivity (Wildman–Crippen MR) is 107 cm³/mol. The number of halogens is 1. The van der Waals surface area contributed by atoms with Crippen molar-refractivity contribution in [3.63, 3.8) is 0 Å². The van der Waals surface area contributed by atoms with Gasteiger partial charge in [-0.25, -0.2) is 4.39 Å². The third kappa shape index (κ3) is 3.69. The Kier molecular flexibility index (Phi) is 5.12. The molecule has 142 valence electrons. The van der Waals surface area contributed by atoms with Crippen molar-refractivity contribution in [1.82, 2.24) is 4.90 Å². The van der Waals surface area contributed by atoms with E-state index in [0.29, 0.717) is 0 Å². The minimum Gasteiger partial charge on any atom is -0.370 e. The zero-order valence-corrected chi connectivity index (χ0v) is 15.8. The maximum atomic E-state index is 13.2. The van der Waals surface area contributed by atoms with Gasteiger partial charge >= 0.3 is 0 Å². The zero-order chi connectivity index (χ0) is 18.8. The number of carbonyl (C=O) groups excluding carboxylic acids is 1. The molecule has 0 bridgehead atoms. The van der Waals surface area contributed by atoms with Gasteiger partial charge < -0.3 is 9.80 Å². The lowest BCUT2D eigenvalue weighted by molar-refractivity contribution is -0.123. The summed E-state index contributed by atoms with van der Waals surface area (Å²) >= 11 is 0. The van der Waals surface area contributed by atoms with Gasteiger partial charge in [-0.3, -0.25) is 9.69 Å². The topological polar surface area (TPSA) is 26.8 Å². The second kappa shape index (κ2) is 7.69. The summed E-state index contributed by atoms with van der Waals surface area (Å²) in [4.78, 5) is 19.6. The van der Waals surface area contributed by atoms with Gasteiger partial charge in [0.25, 0.3) is 0 Å². The molecule has 4 rings (SSSR count). The average Bonchev–Trinajstić information content (AvgIpc) is 2.97. The van der Waals surface area contributed by atoms with Crippen LogP contribution in [0, 0.1) is 5.82 Å². The van der Waals surface area contributed by atoms with Gasteiger partial charge in [0.1, 0.15) is 5.82 Å². The lowest BCUT2D eigenvalue weighted by atomic mass is 10.1. The van der Waals surface area contributed by atoms with Crippen molar-refractivity contribution >= 4 is 17.3 Å². The number of hydrogen-bond acceptors (Lipinski definition) is 3. The number of anilines is 2. The summed E-state index contributed by atoms with van der Waals surface area (Å²) in [5.41, 5.74) is 3.37. The molecule has 2 aliphatic heterocycles. The first-order valence-corrected chi connectivity index (χ1v) is 9.77. The molecule has 0 saturated carbocycles. The fourth-order valence-electron chi connectivity index (χ4n) is 4.18. The van der Waals surface area contributed by atoms with E-state index in [1.165, 1.54) is 17.7 Å². The van der Waals surface area contributed by atoms with E-state index in [-0.39, 0.29) is 17.8 Å². The molecule has 0 N–H and O–H groups in total. The average molecular weight is 367 g/mol. The number of carbonyl (C=O) groups is 1. The van der Waals surface area contributed by atoms with Crippen LogP contribution in [-0.4, -0.2) is 49.6 Å². The summed E-state index contributed by atoms with van der Waals surface area (Å²) in [7, 11) is 0. The van der Waals surface area contributed by atoms with E-state index in [0.717, 1.165) is 56.9 Å². The van der Waals surface area contributed by atoms with Crippen molar-refractivity contribution in [2.45, 2.75) is 25.8 Å². The molecule has 2 aliphatic rings. The van der Waals surface area contributed by atoms with Gasteiger partial charge in [0.05, 0.1) is 6.04 Å². The Morgan fingerprint density at radius 1 is 0.963 bits per heavy atom. The van der Waals surface area contributed by atoms with Crippen LogP contribution in [0.15, 0.2) is 48.5 Å². The molecule has 4 nitrogen and oxygen atoms in total. The molecule has 0 aliphatic carbocycles. The molecule has 2 heterocycles. The first kappa shape index (κ1) is 18.0. The Balaban J connectivity index is 1.41. The van der Waals surface area contributed by atoms with E-state index in [9.17, 15) is 9.18 Å². The minimum absolute atomic E-state index is 0.135. The summed E-state index contributed by atoms with van der Waals surface area (Å²) in [6, 6.07) is 14.7. The van der Waals surface area contributed by atoms with E-state index in [1.54, 1.807) is 0 Å². The SMILES string of the molecule is CC(C(=O)N1CCc2ccccc21)N1CCCN(c2ccc(F)cc2)CC1. The third-order valence-corrected chi connectivity index (χ3v) is 5.78. The van der Waals surface area contributed by atoms with Crippen LogP contribution in [0.25, 0.3) is 0 Å². The number of amides is 1. The van der Waals surface area contributed by atoms with Gasteiger partial charge in [0.2, 0.25) is 5.91 Å². The van der Waals surface area contributed by atoms with Gasteiger partial charge in [-0.15, -0.1) is 0 Å². The summed E-state index contributed by atoms with van der Waals surface area (Å²) in [5, 5.41) is 0. The van der Waals surface area contributed by atoms with Crippen LogP contribution in [0.5, 0.6) is 0 Å². The highest BCUT2D eigenvalue weighted by atomic mass is 19.1. The first-order chi connectivity index (χ1) is 13.1. The summed E-state index contributed by atoms with van der Waals surface area (Å²) < 4.78 is 13.2. The lowest BCUT2D eigenvalue weighted by Gasteiger charge is -2.30. The van der Waals surface area contributed by atoms with E-state index in [1.807, 2.05) is 42.2 Å². The van der Waals surface area contributed by atoms with E-state index in [4.69, 9.17) is 0 Å². The maximum absolute atomic E-state index is 13.2. The number of fused-ring (bicyclic) bond motifs is 1. The van der Waals surface area contributed by atoms with Gasteiger partial charge in [-0.05, 0) is 55.7 Å². The molecule has 0 aromatic heterocycles. The maximum Gasteiger partial charge on any atom is 0.244 e. The second-order valence-electron chi connectivity index (χ2n) is 7.40. The third-order valence-electron chi connectivity index (χ3n) is 5.78. The van der Waals surface area contributed by atoms with Crippen LogP contribution in [0.3, 0.4) is 0 Å². The minimum atomic E-state index is -0.208. The number of para-hydroxylation sites is 1. The summed E-state index contributed by atoms with van der Waals surface area (Å²) in [6.07, 6.45) is 1.93. The number of rotatable bonds is 3. The van der Waals surface area contributed by atoms with Crippen LogP contribution in [0.2, 0.25) is 0 Å². The zero-order valence-electron chi connectivity index (χ0n) is 15.8. The Morgan fingerprint density at radius 3 is 2.56 bits per heavy atom. The molecule has 1 unspecified atom stereocenters. The second-order valence-corrected chi connectivity index (χ2v) is 7.40. The molecule has 2 aromatic rings. The molecule has 0 radical (unpaired) electrons. The molecule has 27 heavy (non-hydrogen) atoms. The van der Waals surface area contributed by atoms with Crippen LogP contribution >= 0.6 is 0 Å². The fraction of sp³-hybridized carbons (Fsp3) is 0.409. The van der Waals surface area contributed by atoms with Crippen LogP contribution in [-0.2, 0) is 11.2 Å². The number of hydrogen-bond donors (Lipinski definition) is 0. The first-order valence-electron chi connectivity index (χ1n) is 9.77. The van der Waals surface area contributed by atoms with Crippen molar-refractivity contribution in [2.75, 3.05) is 42.5 Å². The highest BCUT2D eigenvalue weighted by Crippen LogP contribution is 2.28. The van der Waals surface area contributed by atoms with Crippen molar-refractivity contribution in [1.29, 1.82) is 0 Å². The Labute approximate surface area is 160 Å². The molecular weight excluding hydrogens is 341 g/mol. The molecule has 2 aromatic carbocycles. The summed E-state index contributed by atoms with van der Waals surface area (Å²) in [5.74, 6) is -0.0181. The van der Waals surface area contributed by atoms with Gasteiger partial charge in [0, 0.05) is 44.1 Å². The van der Waals surface area contributed by atoms with E-state index >= 15 is 0 Å². The van der Waals surface area contributed by atoms with E-state index in [2.05, 4.69) is 15.9 Å². The number of benzene rings is 2. The Hall–Kier alpha value is -2.40. The fourth-order valence-corrected chi connectivity index (χ4v) is 4.18. The number of nitrogens with zero attached hydrogens (tertiary/aromatic N) is 3. The highest BCUT2D eigenvalue weighted by molar-refractivity contribution is 5.98. The monoisotopic (exact) mass is 367 g/mol. The predicted octanol–water partition coefficient (Wildman–Crippen LogP) is 3.32. The molecule has 1 atom stereocenters. The highest BCUT2D eigenvalue weighted by Gasteiger charge is 2.31. The van der Waals surface area contributed by atoms with Crippen molar-refractivity contribution < 1.29 is 9.18 Å². The normalized spacial score (nSPS) is 18.9. The largest absolute Gasteiger partial charge is 0.370 e. The van der Waals surface area contributed by atoms with Crippen LogP contribution in [0.4, 0.5) is 15.8 Å². The smallest absolute Gasteiger partial charge is 0.244 e. The van der Waals surface area contributed by atoms with Gasteiger partial charge in [-0.1, -0.05) is 18.2 Å². The molecule has 1 amide bonds. The van der Waals surface area contributed by atoms with Crippen LogP contribution < -0.4 is 9.80 Å². The van der Waals surface area contributed by atoms with Crippen LogP contribution in [0.1, 0.15) is 18.9 Å². The molecule has 1 fully saturated rings. The molecule has 0 spiro atoms. The Bertz CT molecular complexity index is 807. The molecule has 5 heteroatoms.